The van der Waals surface area contributed by atoms with Crippen LogP contribution in [0.5, 0.6) is 0 Å². The predicted molar refractivity (Wildman–Crippen MR) is 85.5 cm³/mol. The van der Waals surface area contributed by atoms with Gasteiger partial charge in [-0.05, 0) is 12.8 Å². The van der Waals surface area contributed by atoms with E-state index in [1.807, 2.05) is 19.6 Å². The molecule has 0 radical (unpaired) electrons. The van der Waals surface area contributed by atoms with E-state index in [-0.39, 0.29) is 7.55 Å². The number of hydrogen-bond acceptors (Lipinski definition) is 1. The Bertz CT molecular complexity index is 178. The molecule has 0 spiro atoms. The molecule has 0 aromatic heterocycles. The van der Waals surface area contributed by atoms with Crippen LogP contribution in [0.1, 0.15) is 73.6 Å². The highest BCUT2D eigenvalue weighted by Gasteiger charge is 2.05. The molecule has 1 atom stereocenters. The molecule has 102 valence electrons. The fourth-order valence-electron chi connectivity index (χ4n) is 0.971. The fraction of sp³-hybridized carbons (Fsp3) is 0.867. The average molecular weight is 258 g/mol. The molecule has 0 heterocycles. The van der Waals surface area contributed by atoms with Crippen LogP contribution in [0, 0.1) is 11.3 Å². The highest BCUT2D eigenvalue weighted by Crippen LogP contribution is 2.23. The molecule has 0 saturated carbocycles. The van der Waals surface area contributed by atoms with Crippen molar-refractivity contribution in [3.05, 3.63) is 0 Å². The molecule has 0 aliphatic heterocycles. The number of nitrogens with zero attached hydrogens (tertiary/aromatic N) is 1. The third-order valence-electron chi connectivity index (χ3n) is 2.05. The molecule has 17 heavy (non-hydrogen) atoms. The van der Waals surface area contributed by atoms with Crippen LogP contribution in [0.25, 0.3) is 0 Å². The van der Waals surface area contributed by atoms with Crippen molar-refractivity contribution in [3.8, 4) is 6.07 Å². The van der Waals surface area contributed by atoms with Gasteiger partial charge < -0.3 is 0 Å². The van der Waals surface area contributed by atoms with Crippen LogP contribution in [0.4, 0.5) is 0 Å². The molecule has 0 rings (SSSR count). The van der Waals surface area contributed by atoms with E-state index in [1.54, 1.807) is 0 Å². The maximum Gasteiger partial charge on any atom is 0.184 e. The van der Waals surface area contributed by atoms with E-state index in [2.05, 4.69) is 33.8 Å². The maximum atomic E-state index is 8.47. The Kier molecular flexibility index (Phi) is 31.9. The van der Waals surface area contributed by atoms with Gasteiger partial charge in [0.15, 0.2) is 5.80 Å². The third-order valence-corrected chi connectivity index (χ3v) is 4.44. The lowest BCUT2D eigenvalue weighted by atomic mass is 10.4. The Hall–Kier alpha value is -0.340. The number of hydrogen-bond donors (Lipinski definition) is 0. The topological polar surface area (TPSA) is 23.8 Å². The SMILES string of the molecule is CC.CCCC.CCCC/[P+](=C/C#N)CCC. The van der Waals surface area contributed by atoms with E-state index in [4.69, 9.17) is 5.26 Å². The molecule has 0 aliphatic rings. The van der Waals surface area contributed by atoms with Gasteiger partial charge in [0.25, 0.3) is 0 Å². The lowest BCUT2D eigenvalue weighted by molar-refractivity contribution is 0.886. The minimum Gasteiger partial charge on any atom is -0.189 e. The van der Waals surface area contributed by atoms with Gasteiger partial charge in [-0.15, -0.1) is 0 Å². The Labute approximate surface area is 111 Å². The number of rotatable bonds is 6. The van der Waals surface area contributed by atoms with Crippen LogP contribution in [-0.2, 0) is 0 Å². The first-order valence-electron chi connectivity index (χ1n) is 7.23. The van der Waals surface area contributed by atoms with Crippen molar-refractivity contribution in [2.24, 2.45) is 0 Å². The monoisotopic (exact) mass is 258 g/mol. The predicted octanol–water partition coefficient (Wildman–Crippen LogP) is 5.84. The van der Waals surface area contributed by atoms with Gasteiger partial charge in [-0.25, -0.2) is 0 Å². The summed E-state index contributed by atoms with van der Waals surface area (Å²) in [5, 5.41) is 8.47. The number of unbranched alkanes of at least 4 members (excludes halogenated alkanes) is 2. The highest BCUT2D eigenvalue weighted by atomic mass is 31.1. The van der Waals surface area contributed by atoms with Crippen LogP contribution >= 0.6 is 7.55 Å². The molecule has 0 saturated heterocycles. The molecule has 0 amide bonds. The minimum absolute atomic E-state index is 0.0529. The summed E-state index contributed by atoms with van der Waals surface area (Å²) in [6.07, 6.45) is 8.88. The third kappa shape index (κ3) is 25.7. The zero-order valence-corrected chi connectivity index (χ0v) is 13.8. The fourth-order valence-corrected chi connectivity index (χ4v) is 2.91. The van der Waals surface area contributed by atoms with Crippen molar-refractivity contribution in [2.45, 2.75) is 73.6 Å². The summed E-state index contributed by atoms with van der Waals surface area (Å²) in [5.41, 5.74) is 0. The first-order valence-corrected chi connectivity index (χ1v) is 9.01. The van der Waals surface area contributed by atoms with Crippen molar-refractivity contribution in [1.82, 2.24) is 0 Å². The summed E-state index contributed by atoms with van der Waals surface area (Å²) >= 11 is 0. The normalized spacial score (nSPS) is 9.35. The van der Waals surface area contributed by atoms with E-state index < -0.39 is 0 Å². The van der Waals surface area contributed by atoms with Crippen molar-refractivity contribution in [3.63, 3.8) is 0 Å². The Morgan fingerprint density at radius 3 is 1.71 bits per heavy atom. The average Bonchev–Trinajstić information content (AvgIpc) is 2.39. The van der Waals surface area contributed by atoms with Crippen molar-refractivity contribution >= 4 is 13.3 Å². The van der Waals surface area contributed by atoms with Gasteiger partial charge in [-0.2, -0.15) is 5.26 Å². The summed E-state index contributed by atoms with van der Waals surface area (Å²) in [7, 11) is -0.0529. The molecule has 2 heteroatoms. The van der Waals surface area contributed by atoms with Crippen LogP contribution < -0.4 is 0 Å². The van der Waals surface area contributed by atoms with E-state index >= 15 is 0 Å². The Morgan fingerprint density at radius 1 is 0.882 bits per heavy atom. The molecule has 0 fully saturated rings. The van der Waals surface area contributed by atoms with E-state index in [0.29, 0.717) is 0 Å². The number of nitriles is 1. The second-order valence-electron chi connectivity index (χ2n) is 3.65. The first-order chi connectivity index (χ1) is 8.26. The lowest BCUT2D eigenvalue weighted by Crippen LogP contribution is -1.84. The maximum absolute atomic E-state index is 8.47. The van der Waals surface area contributed by atoms with Crippen molar-refractivity contribution < 1.29 is 0 Å². The quantitative estimate of drug-likeness (QED) is 0.549. The summed E-state index contributed by atoms with van der Waals surface area (Å²) in [6.45, 7) is 12.7. The molecular formula is C15H33NP+. The first kappa shape index (κ1) is 21.9. The van der Waals surface area contributed by atoms with Crippen LogP contribution in [-0.4, -0.2) is 18.1 Å². The van der Waals surface area contributed by atoms with Crippen molar-refractivity contribution in [1.29, 1.82) is 5.26 Å². The molecule has 0 N–H and O–H groups in total. The van der Waals surface area contributed by atoms with Gasteiger partial charge in [0.05, 0.1) is 0 Å². The smallest absolute Gasteiger partial charge is 0.184 e. The largest absolute Gasteiger partial charge is 0.189 e. The molecule has 1 nitrogen and oxygen atoms in total. The standard InChI is InChI=1S/C9H17NP.C4H10.C2H6/c1-3-5-8-11(7-4-2)9-6-10;1-3-4-2;1-2/h9H,3-5,7-8H2,1-2H3;3-4H2,1-2H3;1-2H3/q+1;;. The van der Waals surface area contributed by atoms with Gasteiger partial charge in [0.2, 0.25) is 0 Å². The second kappa shape index (κ2) is 24.8. The zero-order chi connectivity index (χ0) is 13.9. The zero-order valence-electron chi connectivity index (χ0n) is 12.9. The summed E-state index contributed by atoms with van der Waals surface area (Å²) in [5.74, 6) is 1.86. The van der Waals surface area contributed by atoms with Gasteiger partial charge in [0, 0.05) is 0 Å². The lowest BCUT2D eigenvalue weighted by Gasteiger charge is -1.90. The van der Waals surface area contributed by atoms with Crippen LogP contribution in [0.3, 0.4) is 0 Å². The molecule has 0 aromatic rings. The van der Waals surface area contributed by atoms with Gasteiger partial charge >= 0.3 is 0 Å². The van der Waals surface area contributed by atoms with E-state index in [9.17, 15) is 0 Å². The van der Waals surface area contributed by atoms with Gasteiger partial charge in [-0.1, -0.05) is 60.8 Å². The second-order valence-corrected chi connectivity index (χ2v) is 5.98. The Balaban J connectivity index is -0.000000275. The Morgan fingerprint density at radius 2 is 1.41 bits per heavy atom. The summed E-state index contributed by atoms with van der Waals surface area (Å²) in [4.78, 5) is 0. The van der Waals surface area contributed by atoms with Crippen LogP contribution in [0.15, 0.2) is 0 Å². The summed E-state index contributed by atoms with van der Waals surface area (Å²) < 4.78 is 0. The van der Waals surface area contributed by atoms with E-state index in [0.717, 1.165) is 0 Å². The molecule has 0 aliphatic carbocycles. The van der Waals surface area contributed by atoms with Gasteiger partial charge in [0.1, 0.15) is 25.9 Å². The van der Waals surface area contributed by atoms with Gasteiger partial charge in [-0.3, -0.25) is 0 Å². The highest BCUT2D eigenvalue weighted by molar-refractivity contribution is 7.57. The van der Waals surface area contributed by atoms with E-state index in [1.165, 1.54) is 44.4 Å². The molecular weight excluding hydrogens is 225 g/mol. The molecule has 1 unspecified atom stereocenters. The minimum atomic E-state index is -0.0529. The van der Waals surface area contributed by atoms with Crippen LogP contribution in [0.2, 0.25) is 0 Å². The molecule has 0 aromatic carbocycles. The summed E-state index contributed by atoms with van der Waals surface area (Å²) in [6, 6.07) is 2.17. The van der Waals surface area contributed by atoms with Crippen molar-refractivity contribution in [2.75, 3.05) is 12.3 Å². The molecule has 0 bridgehead atoms.